The molecule has 0 aromatic carbocycles. The number of aliphatic hydroxyl groups is 2. The van der Waals surface area contributed by atoms with Gasteiger partial charge in [0.2, 0.25) is 0 Å². The Hall–Kier alpha value is -3.59. The van der Waals surface area contributed by atoms with Gasteiger partial charge in [-0.3, -0.25) is 24.0 Å². The van der Waals surface area contributed by atoms with Crippen LogP contribution in [0.25, 0.3) is 0 Å². The second kappa shape index (κ2) is 20.3. The fourth-order valence-corrected chi connectivity index (χ4v) is 3.14. The molecule has 0 rings (SSSR count). The fourth-order valence-electron chi connectivity index (χ4n) is 3.14. The van der Waals surface area contributed by atoms with Gasteiger partial charge in [0, 0.05) is 0 Å². The molecule has 2 atom stereocenters. The summed E-state index contributed by atoms with van der Waals surface area (Å²) in [7, 11) is 0. The molecule has 0 saturated heterocycles. The molecule has 15 nitrogen and oxygen atoms in total. The highest BCUT2D eigenvalue weighted by Gasteiger charge is 2.54. The molecule has 236 valence electrons. The van der Waals surface area contributed by atoms with Gasteiger partial charge in [-0.05, 0) is 26.2 Å². The Morgan fingerprint density at radius 1 is 0.659 bits per heavy atom. The van der Waals surface area contributed by atoms with Crippen LogP contribution in [0.4, 0.5) is 0 Å². The van der Waals surface area contributed by atoms with Crippen molar-refractivity contribution in [1.29, 1.82) is 0 Å². The third kappa shape index (κ3) is 15.7. The summed E-state index contributed by atoms with van der Waals surface area (Å²) in [4.78, 5) is 79.7. The summed E-state index contributed by atoms with van der Waals surface area (Å²) in [6, 6.07) is 0. The average molecular weight is 595 g/mol. The van der Waals surface area contributed by atoms with Crippen molar-refractivity contribution in [1.82, 2.24) is 0 Å². The highest BCUT2D eigenvalue weighted by molar-refractivity contribution is 6.05. The number of ether oxygens (including phenoxy) is 3. The quantitative estimate of drug-likeness (QED) is 0.0572. The van der Waals surface area contributed by atoms with Crippen LogP contribution in [0, 0.1) is 5.92 Å². The number of carbonyl (C=O) groups is 7. The first-order valence-electron chi connectivity index (χ1n) is 13.1. The van der Waals surface area contributed by atoms with Gasteiger partial charge in [0.05, 0.1) is 39.1 Å². The molecule has 0 heterocycles. The van der Waals surface area contributed by atoms with Crippen molar-refractivity contribution in [3.8, 4) is 0 Å². The highest BCUT2D eigenvalue weighted by atomic mass is 16.6. The normalized spacial score (nSPS) is 12.9. The van der Waals surface area contributed by atoms with Crippen LogP contribution in [0.1, 0.15) is 85.5 Å². The number of hydrogen-bond donors (Lipinski definition) is 5. The standard InChI is InChI=1S/C20H34O8.C6H8O7/c1-5-8-11-26-16(22)14-20(25,19(24)28-13-10-7-3)17(15(4)21)18(23)27-12-9-6-2;7-3(8)1-6(13,5(11)12)2-4(9)10/h17,25H,5-14H2,1-4H3;13H,1-2H2,(H,7,8)(H,9,10)(H,11,12). The Bertz CT molecular complexity index is 881. The Labute approximate surface area is 237 Å². The lowest BCUT2D eigenvalue weighted by atomic mass is 9.81. The van der Waals surface area contributed by atoms with Gasteiger partial charge in [-0.15, -0.1) is 0 Å². The van der Waals surface area contributed by atoms with Gasteiger partial charge in [0.1, 0.15) is 5.78 Å². The maximum Gasteiger partial charge on any atom is 0.340 e. The van der Waals surface area contributed by atoms with Crippen LogP contribution in [-0.4, -0.2) is 98.2 Å². The lowest BCUT2D eigenvalue weighted by molar-refractivity contribution is -0.187. The Morgan fingerprint density at radius 2 is 1.07 bits per heavy atom. The first-order chi connectivity index (χ1) is 19.0. The van der Waals surface area contributed by atoms with Crippen LogP contribution in [0.5, 0.6) is 0 Å². The zero-order valence-corrected chi connectivity index (χ0v) is 23.9. The SMILES string of the molecule is CCCCOC(=O)CC(O)(C(=O)OCCCC)C(C(C)=O)C(=O)OCCCC.O=C(O)CC(O)(CC(=O)O)C(=O)O. The zero-order valence-electron chi connectivity index (χ0n) is 23.9. The van der Waals surface area contributed by atoms with Crippen LogP contribution < -0.4 is 0 Å². The number of rotatable bonds is 20. The van der Waals surface area contributed by atoms with Crippen molar-refractivity contribution in [2.24, 2.45) is 5.92 Å². The number of carboxylic acid groups (broad SMARTS) is 3. The number of aliphatic carboxylic acids is 3. The minimum absolute atomic E-state index is 0.00195. The topological polar surface area (TPSA) is 248 Å². The minimum atomic E-state index is -2.74. The van der Waals surface area contributed by atoms with E-state index in [1.165, 1.54) is 0 Å². The van der Waals surface area contributed by atoms with E-state index in [0.29, 0.717) is 19.3 Å². The number of ketones is 1. The van der Waals surface area contributed by atoms with E-state index in [1.807, 2.05) is 20.8 Å². The smallest absolute Gasteiger partial charge is 0.340 e. The summed E-state index contributed by atoms with van der Waals surface area (Å²) in [6.45, 7) is 6.89. The molecule has 0 radical (unpaired) electrons. The molecule has 0 aromatic rings. The molecule has 5 N–H and O–H groups in total. The summed E-state index contributed by atoms with van der Waals surface area (Å²) < 4.78 is 15.0. The molecule has 0 aromatic heterocycles. The largest absolute Gasteiger partial charge is 0.481 e. The van der Waals surface area contributed by atoms with Crippen molar-refractivity contribution in [2.45, 2.75) is 96.7 Å². The Kier molecular flexibility index (Phi) is 19.6. The molecular formula is C26H42O15. The van der Waals surface area contributed by atoms with Crippen LogP contribution >= 0.6 is 0 Å². The lowest BCUT2D eigenvalue weighted by Crippen LogP contribution is -2.55. The Morgan fingerprint density at radius 3 is 1.44 bits per heavy atom. The summed E-state index contributed by atoms with van der Waals surface area (Å²) in [5.74, 6) is -10.8. The van der Waals surface area contributed by atoms with Crippen LogP contribution in [0.2, 0.25) is 0 Å². The number of esters is 3. The number of carbonyl (C=O) groups excluding carboxylic acids is 4. The third-order valence-electron chi connectivity index (χ3n) is 5.41. The van der Waals surface area contributed by atoms with Gasteiger partial charge in [-0.1, -0.05) is 40.0 Å². The second-order valence-electron chi connectivity index (χ2n) is 9.21. The van der Waals surface area contributed by atoms with Gasteiger partial charge in [-0.25, -0.2) is 9.59 Å². The Balaban J connectivity index is 0. The predicted molar refractivity (Wildman–Crippen MR) is 138 cm³/mol. The molecule has 41 heavy (non-hydrogen) atoms. The monoisotopic (exact) mass is 594 g/mol. The highest BCUT2D eigenvalue weighted by Crippen LogP contribution is 2.27. The third-order valence-corrected chi connectivity index (χ3v) is 5.41. The molecule has 0 amide bonds. The van der Waals surface area contributed by atoms with E-state index in [9.17, 15) is 38.7 Å². The van der Waals surface area contributed by atoms with Gasteiger partial charge in [-0.2, -0.15) is 0 Å². The average Bonchev–Trinajstić information content (AvgIpc) is 2.83. The number of Topliss-reactive ketones (excluding diaryl/α,β-unsaturated/α-hetero) is 1. The van der Waals surface area contributed by atoms with Crippen molar-refractivity contribution >= 4 is 41.6 Å². The predicted octanol–water partition coefficient (Wildman–Crippen LogP) is 1.09. The van der Waals surface area contributed by atoms with E-state index < -0.39 is 78.0 Å². The van der Waals surface area contributed by atoms with Crippen LogP contribution in [0.15, 0.2) is 0 Å². The number of unbranched alkanes of at least 4 members (excludes halogenated alkanes) is 3. The van der Waals surface area contributed by atoms with E-state index in [4.69, 9.17) is 34.6 Å². The van der Waals surface area contributed by atoms with Crippen molar-refractivity contribution in [3.05, 3.63) is 0 Å². The summed E-state index contributed by atoms with van der Waals surface area (Å²) >= 11 is 0. The molecule has 2 unspecified atom stereocenters. The van der Waals surface area contributed by atoms with Gasteiger partial charge in [0.15, 0.2) is 17.1 Å². The molecule has 15 heteroatoms. The van der Waals surface area contributed by atoms with E-state index >= 15 is 0 Å². The fraction of sp³-hybridized carbons (Fsp3) is 0.731. The van der Waals surface area contributed by atoms with Gasteiger partial charge in [0.25, 0.3) is 0 Å². The maximum atomic E-state index is 12.5. The van der Waals surface area contributed by atoms with Gasteiger partial charge >= 0.3 is 35.8 Å². The molecule has 0 aliphatic carbocycles. The van der Waals surface area contributed by atoms with E-state index in [2.05, 4.69) is 0 Å². The van der Waals surface area contributed by atoms with Gasteiger partial charge < -0.3 is 39.7 Å². The maximum absolute atomic E-state index is 12.5. The first-order valence-corrected chi connectivity index (χ1v) is 13.1. The number of carboxylic acids is 3. The summed E-state index contributed by atoms with van der Waals surface area (Å²) in [5, 5.41) is 44.8. The molecule has 0 aliphatic heterocycles. The first kappa shape index (κ1) is 39.6. The molecule has 0 spiro atoms. The van der Waals surface area contributed by atoms with Crippen molar-refractivity contribution < 1.29 is 73.3 Å². The zero-order chi connectivity index (χ0) is 32.2. The molecule has 0 fully saturated rings. The van der Waals surface area contributed by atoms with E-state index in [1.54, 1.807) is 0 Å². The summed E-state index contributed by atoms with van der Waals surface area (Å²) in [5.41, 5.74) is -5.41. The van der Waals surface area contributed by atoms with Crippen LogP contribution in [0.3, 0.4) is 0 Å². The summed E-state index contributed by atoms with van der Waals surface area (Å²) in [6.07, 6.45) is 0.836. The number of hydrogen-bond acceptors (Lipinski definition) is 12. The minimum Gasteiger partial charge on any atom is -0.481 e. The molecule has 0 saturated carbocycles. The lowest BCUT2D eigenvalue weighted by Gasteiger charge is -2.30. The molecule has 0 aliphatic rings. The van der Waals surface area contributed by atoms with Crippen LogP contribution in [-0.2, 0) is 47.8 Å². The molecule has 0 bridgehead atoms. The van der Waals surface area contributed by atoms with Crippen molar-refractivity contribution in [2.75, 3.05) is 19.8 Å². The van der Waals surface area contributed by atoms with E-state index in [-0.39, 0.29) is 19.8 Å². The second-order valence-corrected chi connectivity index (χ2v) is 9.21. The van der Waals surface area contributed by atoms with Crippen molar-refractivity contribution in [3.63, 3.8) is 0 Å². The molecular weight excluding hydrogens is 552 g/mol. The van der Waals surface area contributed by atoms with E-state index in [0.717, 1.165) is 26.2 Å².